The summed E-state index contributed by atoms with van der Waals surface area (Å²) in [5, 5.41) is 17.0. The topological polar surface area (TPSA) is 110 Å². The van der Waals surface area contributed by atoms with Gasteiger partial charge >= 0.3 is 28.5 Å². The van der Waals surface area contributed by atoms with E-state index in [1.54, 1.807) is 13.8 Å². The minimum atomic E-state index is -1.44. The van der Waals surface area contributed by atoms with E-state index in [1.165, 1.54) is 6.92 Å². The van der Waals surface area contributed by atoms with E-state index >= 15 is 0 Å². The van der Waals surface area contributed by atoms with Gasteiger partial charge in [0.2, 0.25) is 0 Å². The van der Waals surface area contributed by atoms with E-state index in [1.807, 2.05) is 0 Å². The molecule has 1 fully saturated rings. The molecule has 1 aliphatic heterocycles. The Morgan fingerprint density at radius 2 is 1.82 bits per heavy atom. The minimum absolute atomic E-state index is 0.0306. The normalized spacial score (nSPS) is 23.1. The Hall–Kier alpha value is -0.531. The van der Waals surface area contributed by atoms with Crippen LogP contribution in [0.3, 0.4) is 0 Å². The van der Waals surface area contributed by atoms with E-state index in [0.29, 0.717) is 0 Å². The third-order valence-corrected chi connectivity index (χ3v) is 3.48. The Morgan fingerprint density at radius 1 is 1.36 bits per heavy atom. The molecule has 133 valence electrons. The molecule has 2 atom stereocenters. The van der Waals surface area contributed by atoms with E-state index in [2.05, 4.69) is 13.8 Å². The number of ether oxygens (including phenoxy) is 2. The number of esters is 1. The Bertz CT molecular complexity index is 357. The fraction of sp³-hybridized carbons (Fsp3) is 0.929. The number of aliphatic hydroxyl groups is 2. The van der Waals surface area contributed by atoms with Crippen LogP contribution in [0.1, 0.15) is 47.5 Å². The fourth-order valence-corrected chi connectivity index (χ4v) is 2.09. The molecule has 0 radical (unpaired) electrons. The van der Waals surface area contributed by atoms with Gasteiger partial charge in [-0.15, -0.1) is 0 Å². The van der Waals surface area contributed by atoms with Gasteiger partial charge in [0.05, 0.1) is 17.8 Å². The zero-order chi connectivity index (χ0) is 18.0. The number of carbonyl (C=O) groups excluding carboxylic acids is 1. The van der Waals surface area contributed by atoms with E-state index in [4.69, 9.17) is 22.2 Å². The van der Waals surface area contributed by atoms with Gasteiger partial charge in [-0.25, -0.2) is 0 Å². The Balaban J connectivity index is 0. The molecular formula is C14H28MnO7. The molecule has 22 heavy (non-hydrogen) atoms. The van der Waals surface area contributed by atoms with Crippen molar-refractivity contribution in [2.45, 2.75) is 65.3 Å². The van der Waals surface area contributed by atoms with Crippen LogP contribution in [0.15, 0.2) is 0 Å². The van der Waals surface area contributed by atoms with Crippen molar-refractivity contribution in [3.8, 4) is 0 Å². The van der Waals surface area contributed by atoms with Crippen molar-refractivity contribution in [1.29, 1.82) is 0 Å². The molecular weight excluding hydrogens is 335 g/mol. The van der Waals surface area contributed by atoms with Gasteiger partial charge < -0.3 is 19.7 Å². The van der Waals surface area contributed by atoms with Gasteiger partial charge in [-0.2, -0.15) is 0 Å². The predicted octanol–water partition coefficient (Wildman–Crippen LogP) is 1.26. The van der Waals surface area contributed by atoms with E-state index in [-0.39, 0.29) is 30.2 Å². The fourth-order valence-electron chi connectivity index (χ4n) is 2.09. The number of hydrogen-bond donors (Lipinski definition) is 2. The molecule has 0 saturated carbocycles. The first kappa shape index (κ1) is 23.7. The van der Waals surface area contributed by atoms with Crippen molar-refractivity contribution < 1.29 is 47.0 Å². The summed E-state index contributed by atoms with van der Waals surface area (Å²) in [5.74, 6) is -0.296. The summed E-state index contributed by atoms with van der Waals surface area (Å²) in [6.07, 6.45) is 1.42. The van der Waals surface area contributed by atoms with Crippen LogP contribution in [0, 0.1) is 5.41 Å². The first-order valence-corrected chi connectivity index (χ1v) is 7.86. The molecule has 2 N–H and O–H groups in total. The Kier molecular flexibility index (Phi) is 11.9. The molecule has 1 heterocycles. The van der Waals surface area contributed by atoms with Crippen LogP contribution in [-0.4, -0.2) is 47.7 Å². The summed E-state index contributed by atoms with van der Waals surface area (Å²) in [6, 6.07) is 0. The van der Waals surface area contributed by atoms with Gasteiger partial charge in [0, 0.05) is 14.0 Å². The average Bonchev–Trinajstić information content (AvgIpc) is 2.38. The Labute approximate surface area is 137 Å². The molecule has 0 amide bonds. The van der Waals surface area contributed by atoms with Gasteiger partial charge in [0.25, 0.3) is 0 Å². The van der Waals surface area contributed by atoms with Gasteiger partial charge in [-0.1, -0.05) is 13.8 Å². The maximum atomic E-state index is 10.8. The monoisotopic (exact) mass is 363 g/mol. The number of hydrogen-bond acceptors (Lipinski definition) is 7. The molecule has 0 unspecified atom stereocenters. The van der Waals surface area contributed by atoms with Gasteiger partial charge in [0.15, 0.2) is 0 Å². The van der Waals surface area contributed by atoms with Crippen molar-refractivity contribution in [2.75, 3.05) is 13.7 Å². The first-order valence-electron chi connectivity index (χ1n) is 6.90. The van der Waals surface area contributed by atoms with Crippen molar-refractivity contribution in [3.05, 3.63) is 0 Å². The summed E-state index contributed by atoms with van der Waals surface area (Å²) in [5.41, 5.74) is -0.887. The number of aliphatic hydroxyl groups excluding tert-OH is 1. The van der Waals surface area contributed by atoms with Crippen molar-refractivity contribution in [2.24, 2.45) is 5.41 Å². The van der Waals surface area contributed by atoms with Gasteiger partial charge in [0.1, 0.15) is 6.61 Å². The SMILES string of the molecule is CC(=O)OC[C@H]1O[C@@H](C(C)(C)O)CCC1(C)C.CO.[O]=[Mn]=[O]. The summed E-state index contributed by atoms with van der Waals surface area (Å²) < 4.78 is 27.7. The maximum absolute atomic E-state index is 10.8. The summed E-state index contributed by atoms with van der Waals surface area (Å²) >= 11 is -1.44. The van der Waals surface area contributed by atoms with E-state index in [9.17, 15) is 9.90 Å². The molecule has 1 rings (SSSR count). The second-order valence-electron chi connectivity index (χ2n) is 6.16. The number of rotatable bonds is 3. The molecule has 7 nitrogen and oxygen atoms in total. The van der Waals surface area contributed by atoms with Crippen LogP contribution in [-0.2, 0) is 36.8 Å². The molecule has 0 aromatic carbocycles. The van der Waals surface area contributed by atoms with Crippen molar-refractivity contribution >= 4 is 5.97 Å². The quantitative estimate of drug-likeness (QED) is 0.574. The molecule has 1 aliphatic rings. The summed E-state index contributed by atoms with van der Waals surface area (Å²) in [7, 11) is 1.00. The van der Waals surface area contributed by atoms with Crippen molar-refractivity contribution in [1.82, 2.24) is 0 Å². The molecule has 8 heteroatoms. The third kappa shape index (κ3) is 9.48. The van der Waals surface area contributed by atoms with E-state index in [0.717, 1.165) is 20.0 Å². The Morgan fingerprint density at radius 3 is 2.18 bits per heavy atom. The molecule has 0 aromatic rings. The molecule has 0 aromatic heterocycles. The number of carbonyl (C=O) groups is 1. The van der Waals surface area contributed by atoms with Crippen LogP contribution < -0.4 is 0 Å². The second-order valence-corrected chi connectivity index (χ2v) is 6.36. The first-order chi connectivity index (χ1) is 10.0. The zero-order valence-electron chi connectivity index (χ0n) is 14.1. The summed E-state index contributed by atoms with van der Waals surface area (Å²) in [4.78, 5) is 10.8. The van der Waals surface area contributed by atoms with Crippen LogP contribution in [0.5, 0.6) is 0 Å². The van der Waals surface area contributed by atoms with E-state index < -0.39 is 20.4 Å². The summed E-state index contributed by atoms with van der Waals surface area (Å²) in [6.45, 7) is 9.35. The van der Waals surface area contributed by atoms with Crippen molar-refractivity contribution in [3.63, 3.8) is 0 Å². The zero-order valence-corrected chi connectivity index (χ0v) is 15.3. The second kappa shape index (κ2) is 11.1. The van der Waals surface area contributed by atoms with Crippen LogP contribution in [0.4, 0.5) is 0 Å². The standard InChI is InChI=1S/C13H24O4.CH4O.Mn.2O/c1-9(14)16-8-11-12(2,3)7-6-10(17-11)13(4,5)15;1-2;;;/h10-11,15H,6-8H2,1-5H3;2H,1H3;;;/t10-,11-;;;;/m1..../s1. The van der Waals surface area contributed by atoms with Gasteiger partial charge in [-0.3, -0.25) is 4.79 Å². The predicted molar refractivity (Wildman–Crippen MR) is 74.1 cm³/mol. The van der Waals surface area contributed by atoms with Crippen LogP contribution in [0.25, 0.3) is 0 Å². The molecule has 0 spiro atoms. The molecule has 1 saturated heterocycles. The van der Waals surface area contributed by atoms with Crippen LogP contribution in [0.2, 0.25) is 0 Å². The third-order valence-electron chi connectivity index (χ3n) is 3.48. The molecule has 0 bridgehead atoms. The van der Waals surface area contributed by atoms with Crippen LogP contribution >= 0.6 is 0 Å². The molecule has 0 aliphatic carbocycles. The van der Waals surface area contributed by atoms with Gasteiger partial charge in [-0.05, 0) is 32.1 Å². The average molecular weight is 363 g/mol.